The number of aromatic nitrogens is 1. The number of benzene rings is 2. The van der Waals surface area contributed by atoms with Gasteiger partial charge >= 0.3 is 0 Å². The van der Waals surface area contributed by atoms with Gasteiger partial charge in [-0.15, -0.1) is 0 Å². The molecule has 0 saturated heterocycles. The monoisotopic (exact) mass is 333 g/mol. The van der Waals surface area contributed by atoms with Crippen LogP contribution in [0.4, 0.5) is 0 Å². The number of carbonyl (C=O) groups is 1. The molecular formula is C20H15NO4. The average Bonchev–Trinajstić information content (AvgIpc) is 2.67. The van der Waals surface area contributed by atoms with E-state index in [1.165, 1.54) is 7.11 Å². The fourth-order valence-corrected chi connectivity index (χ4v) is 2.93. The van der Waals surface area contributed by atoms with E-state index in [4.69, 9.17) is 9.47 Å². The molecule has 4 rings (SSSR count). The highest BCUT2D eigenvalue weighted by Crippen LogP contribution is 2.34. The number of hydrogen-bond acceptors (Lipinski definition) is 5. The minimum absolute atomic E-state index is 0.0682. The highest BCUT2D eigenvalue weighted by Gasteiger charge is 2.32. The van der Waals surface area contributed by atoms with E-state index in [1.807, 2.05) is 42.5 Å². The van der Waals surface area contributed by atoms with Crippen LogP contribution < -0.4 is 4.74 Å². The van der Waals surface area contributed by atoms with Crippen molar-refractivity contribution in [3.8, 4) is 17.0 Å². The highest BCUT2D eigenvalue weighted by molar-refractivity contribution is 6.12. The molecule has 0 radical (unpaired) electrons. The molecule has 0 amide bonds. The van der Waals surface area contributed by atoms with E-state index < -0.39 is 6.29 Å². The van der Waals surface area contributed by atoms with Crippen molar-refractivity contribution in [2.24, 2.45) is 0 Å². The molecule has 5 heteroatoms. The van der Waals surface area contributed by atoms with Crippen LogP contribution in [0.3, 0.4) is 0 Å². The molecule has 1 aliphatic heterocycles. The Bertz CT molecular complexity index is 1010. The number of nitrogens with zero attached hydrogens (tertiary/aromatic N) is 1. The number of carbonyl (C=O) groups excluding carboxylic acids is 1. The van der Waals surface area contributed by atoms with Gasteiger partial charge in [0.05, 0.1) is 23.0 Å². The van der Waals surface area contributed by atoms with E-state index >= 15 is 0 Å². The largest absolute Gasteiger partial charge is 0.515 e. The maximum Gasteiger partial charge on any atom is 0.233 e. The standard InChI is InChI=1S/C20H15NO4/c1-24-20-15(11-22)19(23)14-10-13(7-9-18(14)25-20)17-8-6-12-4-2-3-5-16(12)21-17/h2-11,20,22H,1H3. The van der Waals surface area contributed by atoms with Crippen LogP contribution in [0.25, 0.3) is 22.2 Å². The quantitative estimate of drug-likeness (QED) is 0.569. The third-order valence-corrected chi connectivity index (χ3v) is 4.22. The average molecular weight is 333 g/mol. The summed E-state index contributed by atoms with van der Waals surface area (Å²) < 4.78 is 10.7. The molecule has 0 fully saturated rings. The van der Waals surface area contributed by atoms with Crippen LogP contribution in [0.1, 0.15) is 10.4 Å². The lowest BCUT2D eigenvalue weighted by molar-refractivity contribution is -0.0296. The Labute approximate surface area is 144 Å². The van der Waals surface area contributed by atoms with Crippen molar-refractivity contribution in [1.82, 2.24) is 4.98 Å². The molecule has 0 saturated carbocycles. The van der Waals surface area contributed by atoms with Gasteiger partial charge in [0.1, 0.15) is 11.3 Å². The van der Waals surface area contributed by atoms with E-state index in [-0.39, 0.29) is 11.4 Å². The summed E-state index contributed by atoms with van der Waals surface area (Å²) in [7, 11) is 1.42. The summed E-state index contributed by atoms with van der Waals surface area (Å²) >= 11 is 0. The van der Waals surface area contributed by atoms with Gasteiger partial charge in [-0.2, -0.15) is 0 Å². The second-order valence-electron chi connectivity index (χ2n) is 5.70. The summed E-state index contributed by atoms with van der Waals surface area (Å²) in [4.78, 5) is 17.3. The third kappa shape index (κ3) is 2.55. The summed E-state index contributed by atoms with van der Waals surface area (Å²) in [5.41, 5.74) is 2.89. The Kier molecular flexibility index (Phi) is 3.71. The van der Waals surface area contributed by atoms with Crippen molar-refractivity contribution in [1.29, 1.82) is 0 Å². The van der Waals surface area contributed by atoms with Crippen molar-refractivity contribution in [3.63, 3.8) is 0 Å². The second-order valence-corrected chi connectivity index (χ2v) is 5.70. The second kappa shape index (κ2) is 6.03. The van der Waals surface area contributed by atoms with Crippen molar-refractivity contribution < 1.29 is 19.4 Å². The summed E-state index contributed by atoms with van der Waals surface area (Å²) in [5.74, 6) is 0.102. The molecule has 2 aromatic carbocycles. The molecule has 0 spiro atoms. The number of Topliss-reactive ketones (excluding diaryl/α,β-unsaturated/α-hetero) is 1. The molecule has 3 aromatic rings. The lowest BCUT2D eigenvalue weighted by Gasteiger charge is -2.26. The number of para-hydroxylation sites is 1. The minimum Gasteiger partial charge on any atom is -0.515 e. The third-order valence-electron chi connectivity index (χ3n) is 4.22. The minimum atomic E-state index is -0.908. The number of aliphatic hydroxyl groups excluding tert-OH is 1. The normalized spacial score (nSPS) is 18.2. The number of methoxy groups -OCH3 is 1. The number of hydrogen-bond donors (Lipinski definition) is 1. The van der Waals surface area contributed by atoms with Gasteiger partial charge in [-0.3, -0.25) is 4.79 Å². The Morgan fingerprint density at radius 3 is 2.80 bits per heavy atom. The van der Waals surface area contributed by atoms with Crippen LogP contribution in [-0.2, 0) is 4.74 Å². The number of aliphatic hydroxyl groups is 1. The molecule has 124 valence electrons. The Morgan fingerprint density at radius 2 is 2.00 bits per heavy atom. The van der Waals surface area contributed by atoms with Gasteiger partial charge in [0.2, 0.25) is 12.1 Å². The van der Waals surface area contributed by atoms with E-state index in [0.29, 0.717) is 11.3 Å². The first-order chi connectivity index (χ1) is 12.2. The summed E-state index contributed by atoms with van der Waals surface area (Å²) in [5, 5.41) is 10.4. The van der Waals surface area contributed by atoms with Gasteiger partial charge in [0, 0.05) is 18.1 Å². The summed E-state index contributed by atoms with van der Waals surface area (Å²) in [6.45, 7) is 0. The number of fused-ring (bicyclic) bond motifs is 2. The molecule has 1 unspecified atom stereocenters. The first kappa shape index (κ1) is 15.4. The fraction of sp³-hybridized carbons (Fsp3) is 0.100. The zero-order chi connectivity index (χ0) is 17.4. The SMILES string of the molecule is COC1Oc2ccc(-c3ccc4ccccc4n3)cc2C(=O)C1=CO. The number of pyridine rings is 1. The van der Waals surface area contributed by atoms with Crippen molar-refractivity contribution in [2.75, 3.05) is 7.11 Å². The maximum absolute atomic E-state index is 12.6. The number of ether oxygens (including phenoxy) is 2. The summed E-state index contributed by atoms with van der Waals surface area (Å²) in [6, 6.07) is 17.1. The van der Waals surface area contributed by atoms with Crippen molar-refractivity contribution in [2.45, 2.75) is 6.29 Å². The van der Waals surface area contributed by atoms with Crippen molar-refractivity contribution >= 4 is 16.7 Å². The molecule has 1 aliphatic rings. The van der Waals surface area contributed by atoms with E-state index in [1.54, 1.807) is 12.1 Å². The maximum atomic E-state index is 12.6. The van der Waals surface area contributed by atoms with Gasteiger partial charge in [-0.25, -0.2) is 4.98 Å². The van der Waals surface area contributed by atoms with Crippen LogP contribution in [0.2, 0.25) is 0 Å². The molecule has 0 bridgehead atoms. The van der Waals surface area contributed by atoms with E-state index in [9.17, 15) is 9.90 Å². The zero-order valence-corrected chi connectivity index (χ0v) is 13.5. The zero-order valence-electron chi connectivity index (χ0n) is 13.5. The van der Waals surface area contributed by atoms with Gasteiger partial charge in [-0.1, -0.05) is 24.3 Å². The Hall–Kier alpha value is -3.18. The molecule has 1 aromatic heterocycles. The molecule has 1 N–H and O–H groups in total. The summed E-state index contributed by atoms with van der Waals surface area (Å²) in [6.07, 6.45) is -0.171. The van der Waals surface area contributed by atoms with Crippen LogP contribution in [0.5, 0.6) is 5.75 Å². The molecular weight excluding hydrogens is 318 g/mol. The Morgan fingerprint density at radius 1 is 1.16 bits per heavy atom. The lowest BCUT2D eigenvalue weighted by Crippen LogP contribution is -2.31. The highest BCUT2D eigenvalue weighted by atomic mass is 16.7. The fourth-order valence-electron chi connectivity index (χ4n) is 2.93. The van der Waals surface area contributed by atoms with Gasteiger partial charge in [0.15, 0.2) is 0 Å². The van der Waals surface area contributed by atoms with Gasteiger partial charge in [0.25, 0.3) is 0 Å². The first-order valence-corrected chi connectivity index (χ1v) is 7.80. The molecule has 2 heterocycles. The van der Waals surface area contributed by atoms with Crippen LogP contribution in [0.15, 0.2) is 66.4 Å². The lowest BCUT2D eigenvalue weighted by atomic mass is 9.97. The van der Waals surface area contributed by atoms with E-state index in [2.05, 4.69) is 4.98 Å². The smallest absolute Gasteiger partial charge is 0.233 e. The van der Waals surface area contributed by atoms with E-state index in [0.717, 1.165) is 28.4 Å². The van der Waals surface area contributed by atoms with Crippen molar-refractivity contribution in [3.05, 3.63) is 72.0 Å². The topological polar surface area (TPSA) is 68.7 Å². The predicted octanol–water partition coefficient (Wildman–Crippen LogP) is 3.89. The van der Waals surface area contributed by atoms with Crippen LogP contribution in [-0.4, -0.2) is 29.3 Å². The van der Waals surface area contributed by atoms with Gasteiger partial charge < -0.3 is 14.6 Å². The first-order valence-electron chi connectivity index (χ1n) is 7.80. The predicted molar refractivity (Wildman–Crippen MR) is 93.6 cm³/mol. The molecule has 25 heavy (non-hydrogen) atoms. The molecule has 0 aliphatic carbocycles. The van der Waals surface area contributed by atoms with Gasteiger partial charge in [-0.05, 0) is 30.3 Å². The molecule has 5 nitrogen and oxygen atoms in total. The number of ketones is 1. The molecule has 1 atom stereocenters. The van der Waals surface area contributed by atoms with Crippen LogP contribution >= 0.6 is 0 Å². The number of rotatable bonds is 2. The Balaban J connectivity index is 1.80. The van der Waals surface area contributed by atoms with Crippen LogP contribution in [0, 0.1) is 0 Å².